The molecule has 0 aromatic heterocycles. The third kappa shape index (κ3) is 4.07. The van der Waals surface area contributed by atoms with Gasteiger partial charge in [0.25, 0.3) is 0 Å². The van der Waals surface area contributed by atoms with Gasteiger partial charge in [-0.15, -0.1) is 0 Å². The van der Waals surface area contributed by atoms with E-state index in [1.54, 1.807) is 0 Å². The molecule has 3 nitrogen and oxygen atoms in total. The number of nitrogens with zero attached hydrogens (tertiary/aromatic N) is 1. The van der Waals surface area contributed by atoms with Gasteiger partial charge in [0, 0.05) is 32.3 Å². The van der Waals surface area contributed by atoms with Gasteiger partial charge in [-0.05, 0) is 33.4 Å². The summed E-state index contributed by atoms with van der Waals surface area (Å²) in [6.45, 7) is 4.11. The molecule has 1 saturated heterocycles. The fourth-order valence-corrected chi connectivity index (χ4v) is 1.80. The molecule has 1 fully saturated rings. The lowest BCUT2D eigenvalue weighted by Crippen LogP contribution is -2.36. The van der Waals surface area contributed by atoms with Gasteiger partial charge in [0.15, 0.2) is 0 Å². The van der Waals surface area contributed by atoms with Gasteiger partial charge in [-0.1, -0.05) is 0 Å². The Hall–Kier alpha value is -0.120. The van der Waals surface area contributed by atoms with Crippen molar-refractivity contribution in [1.29, 1.82) is 0 Å². The predicted molar refractivity (Wildman–Crippen MR) is 55.0 cm³/mol. The minimum absolute atomic E-state index is 0.732. The SMILES string of the molecule is CNCCN(C)C1CCCOCC1. The average molecular weight is 186 g/mol. The summed E-state index contributed by atoms with van der Waals surface area (Å²) in [5, 5.41) is 3.18. The molecule has 1 aliphatic heterocycles. The van der Waals surface area contributed by atoms with Crippen molar-refractivity contribution < 1.29 is 4.74 Å². The molecule has 78 valence electrons. The molecule has 0 aromatic rings. The molecular formula is C10H22N2O. The van der Waals surface area contributed by atoms with E-state index >= 15 is 0 Å². The van der Waals surface area contributed by atoms with Crippen LogP contribution in [0, 0.1) is 0 Å². The van der Waals surface area contributed by atoms with E-state index in [2.05, 4.69) is 17.3 Å². The molecule has 1 heterocycles. The standard InChI is InChI=1S/C10H22N2O/c1-11-6-7-12(2)10-4-3-8-13-9-5-10/h10-11H,3-9H2,1-2H3. The highest BCUT2D eigenvalue weighted by Gasteiger charge is 2.16. The topological polar surface area (TPSA) is 24.5 Å². The van der Waals surface area contributed by atoms with Crippen molar-refractivity contribution >= 4 is 0 Å². The van der Waals surface area contributed by atoms with Crippen LogP contribution in [0.25, 0.3) is 0 Å². The molecule has 1 N–H and O–H groups in total. The smallest absolute Gasteiger partial charge is 0.0480 e. The molecule has 0 spiro atoms. The van der Waals surface area contributed by atoms with E-state index in [9.17, 15) is 0 Å². The molecule has 13 heavy (non-hydrogen) atoms. The molecule has 1 rings (SSSR count). The van der Waals surface area contributed by atoms with Crippen molar-refractivity contribution in [3.8, 4) is 0 Å². The molecule has 0 amide bonds. The Morgan fingerprint density at radius 2 is 2.23 bits per heavy atom. The Balaban J connectivity index is 2.22. The van der Waals surface area contributed by atoms with Crippen LogP contribution in [0.15, 0.2) is 0 Å². The quantitative estimate of drug-likeness (QED) is 0.699. The van der Waals surface area contributed by atoms with Crippen molar-refractivity contribution in [2.24, 2.45) is 0 Å². The number of hydrogen-bond acceptors (Lipinski definition) is 3. The Morgan fingerprint density at radius 1 is 1.38 bits per heavy atom. The zero-order chi connectivity index (χ0) is 9.52. The first-order chi connectivity index (χ1) is 6.34. The largest absolute Gasteiger partial charge is 0.381 e. The number of rotatable bonds is 4. The van der Waals surface area contributed by atoms with Crippen molar-refractivity contribution in [3.63, 3.8) is 0 Å². The molecule has 1 aliphatic rings. The van der Waals surface area contributed by atoms with E-state index in [1.165, 1.54) is 19.3 Å². The average Bonchev–Trinajstić information content (AvgIpc) is 2.42. The van der Waals surface area contributed by atoms with Crippen LogP contribution in [0.4, 0.5) is 0 Å². The van der Waals surface area contributed by atoms with Gasteiger partial charge in [0.1, 0.15) is 0 Å². The molecular weight excluding hydrogens is 164 g/mol. The van der Waals surface area contributed by atoms with E-state index in [0.717, 1.165) is 32.3 Å². The van der Waals surface area contributed by atoms with Crippen LogP contribution in [0.5, 0.6) is 0 Å². The lowest BCUT2D eigenvalue weighted by Gasteiger charge is -2.26. The minimum atomic E-state index is 0.732. The van der Waals surface area contributed by atoms with Crippen molar-refractivity contribution in [1.82, 2.24) is 10.2 Å². The third-order valence-corrected chi connectivity index (χ3v) is 2.76. The lowest BCUT2D eigenvalue weighted by atomic mass is 10.1. The maximum atomic E-state index is 5.44. The fourth-order valence-electron chi connectivity index (χ4n) is 1.80. The van der Waals surface area contributed by atoms with Crippen LogP contribution in [-0.2, 0) is 4.74 Å². The summed E-state index contributed by atoms with van der Waals surface area (Å²) in [7, 11) is 4.22. The Labute approximate surface area is 81.4 Å². The third-order valence-electron chi connectivity index (χ3n) is 2.76. The molecule has 3 heteroatoms. The van der Waals surface area contributed by atoms with E-state index in [4.69, 9.17) is 4.74 Å². The summed E-state index contributed by atoms with van der Waals surface area (Å²) >= 11 is 0. The van der Waals surface area contributed by atoms with Gasteiger partial charge in [-0.25, -0.2) is 0 Å². The molecule has 0 aromatic carbocycles. The monoisotopic (exact) mass is 186 g/mol. The number of hydrogen-bond donors (Lipinski definition) is 1. The van der Waals surface area contributed by atoms with Crippen LogP contribution in [0.1, 0.15) is 19.3 Å². The Morgan fingerprint density at radius 3 is 3.00 bits per heavy atom. The van der Waals surface area contributed by atoms with Gasteiger partial charge in [0.05, 0.1) is 0 Å². The Bertz CT molecular complexity index is 122. The molecule has 1 atom stereocenters. The first-order valence-corrected chi connectivity index (χ1v) is 5.27. The Kier molecular flexibility index (Phi) is 5.35. The van der Waals surface area contributed by atoms with Gasteiger partial charge < -0.3 is 15.0 Å². The van der Waals surface area contributed by atoms with Gasteiger partial charge in [-0.2, -0.15) is 0 Å². The van der Waals surface area contributed by atoms with Gasteiger partial charge in [0.2, 0.25) is 0 Å². The van der Waals surface area contributed by atoms with Crippen LogP contribution in [0.2, 0.25) is 0 Å². The minimum Gasteiger partial charge on any atom is -0.381 e. The summed E-state index contributed by atoms with van der Waals surface area (Å²) in [6, 6.07) is 0.732. The van der Waals surface area contributed by atoms with E-state index in [1.807, 2.05) is 7.05 Å². The first-order valence-electron chi connectivity index (χ1n) is 5.27. The normalized spacial score (nSPS) is 24.7. The second-order valence-electron chi connectivity index (χ2n) is 3.78. The van der Waals surface area contributed by atoms with Crippen LogP contribution in [-0.4, -0.2) is 51.3 Å². The van der Waals surface area contributed by atoms with Gasteiger partial charge >= 0.3 is 0 Å². The van der Waals surface area contributed by atoms with Crippen molar-refractivity contribution in [3.05, 3.63) is 0 Å². The summed E-state index contributed by atoms with van der Waals surface area (Å²) in [6.07, 6.45) is 3.70. The van der Waals surface area contributed by atoms with Crippen LogP contribution < -0.4 is 5.32 Å². The lowest BCUT2D eigenvalue weighted by molar-refractivity contribution is 0.135. The van der Waals surface area contributed by atoms with Crippen LogP contribution in [0.3, 0.4) is 0 Å². The fraction of sp³-hybridized carbons (Fsp3) is 1.00. The second-order valence-corrected chi connectivity index (χ2v) is 3.78. The maximum Gasteiger partial charge on any atom is 0.0480 e. The second kappa shape index (κ2) is 6.35. The van der Waals surface area contributed by atoms with Gasteiger partial charge in [-0.3, -0.25) is 0 Å². The summed E-state index contributed by atoms with van der Waals surface area (Å²) in [5.41, 5.74) is 0. The predicted octanol–water partition coefficient (Wildman–Crippen LogP) is 0.707. The van der Waals surface area contributed by atoms with E-state index in [0.29, 0.717) is 0 Å². The summed E-state index contributed by atoms with van der Waals surface area (Å²) in [5.74, 6) is 0. The highest BCUT2D eigenvalue weighted by molar-refractivity contribution is 4.71. The van der Waals surface area contributed by atoms with E-state index in [-0.39, 0.29) is 0 Å². The van der Waals surface area contributed by atoms with E-state index < -0.39 is 0 Å². The summed E-state index contributed by atoms with van der Waals surface area (Å²) < 4.78 is 5.44. The van der Waals surface area contributed by atoms with Crippen LogP contribution >= 0.6 is 0 Å². The summed E-state index contributed by atoms with van der Waals surface area (Å²) in [4.78, 5) is 2.45. The zero-order valence-corrected chi connectivity index (χ0v) is 8.88. The molecule has 0 aliphatic carbocycles. The van der Waals surface area contributed by atoms with Crippen molar-refractivity contribution in [2.75, 3.05) is 40.4 Å². The first kappa shape index (κ1) is 11.0. The highest BCUT2D eigenvalue weighted by Crippen LogP contribution is 2.13. The number of ether oxygens (including phenoxy) is 1. The highest BCUT2D eigenvalue weighted by atomic mass is 16.5. The molecule has 1 unspecified atom stereocenters. The van der Waals surface area contributed by atoms with Crippen molar-refractivity contribution in [2.45, 2.75) is 25.3 Å². The molecule has 0 radical (unpaired) electrons. The zero-order valence-electron chi connectivity index (χ0n) is 8.88. The maximum absolute atomic E-state index is 5.44. The number of nitrogens with one attached hydrogen (secondary N) is 1. The molecule has 0 bridgehead atoms. The number of likely N-dealkylation sites (N-methyl/N-ethyl adjacent to an activating group) is 2. The molecule has 0 saturated carbocycles.